The zero-order chi connectivity index (χ0) is 23.5. The number of aromatic nitrogens is 3. The maximum Gasteiger partial charge on any atom is 0.270 e. The van der Waals surface area contributed by atoms with Gasteiger partial charge in [0.1, 0.15) is 5.75 Å². The fourth-order valence-corrected chi connectivity index (χ4v) is 4.91. The van der Waals surface area contributed by atoms with Crippen LogP contribution in [0.25, 0.3) is 11.4 Å². The van der Waals surface area contributed by atoms with Crippen molar-refractivity contribution in [3.05, 3.63) is 98.6 Å². The molecule has 0 fully saturated rings. The Morgan fingerprint density at radius 3 is 2.68 bits per heavy atom. The van der Waals surface area contributed by atoms with Crippen molar-refractivity contribution in [2.24, 2.45) is 0 Å². The monoisotopic (exact) mass is 494 g/mol. The van der Waals surface area contributed by atoms with Crippen molar-refractivity contribution in [2.45, 2.75) is 24.1 Å². The van der Waals surface area contributed by atoms with Gasteiger partial charge in [-0.15, -0.1) is 10.2 Å². The molecule has 0 spiro atoms. The van der Waals surface area contributed by atoms with E-state index in [0.29, 0.717) is 45.2 Å². The van der Waals surface area contributed by atoms with Crippen molar-refractivity contribution in [2.75, 3.05) is 6.79 Å². The largest absolute Gasteiger partial charge is 0.467 e. The molecule has 172 valence electrons. The van der Waals surface area contributed by atoms with E-state index in [4.69, 9.17) is 21.1 Å². The Labute approximate surface area is 204 Å². The van der Waals surface area contributed by atoms with E-state index < -0.39 is 4.92 Å². The molecule has 5 rings (SSSR count). The third-order valence-corrected chi connectivity index (χ3v) is 6.70. The highest BCUT2D eigenvalue weighted by atomic mass is 35.5. The molecule has 0 N–H and O–H groups in total. The van der Waals surface area contributed by atoms with Gasteiger partial charge in [-0.1, -0.05) is 65.8 Å². The number of benzene rings is 3. The number of thioether (sulfide) groups is 1. The Hall–Kier alpha value is -3.40. The van der Waals surface area contributed by atoms with E-state index in [0.717, 1.165) is 11.1 Å². The Kier molecular flexibility index (Phi) is 6.48. The number of nitro groups is 1. The number of non-ortho nitro benzene ring substituents is 1. The van der Waals surface area contributed by atoms with Gasteiger partial charge in [0.05, 0.1) is 23.1 Å². The van der Waals surface area contributed by atoms with Crippen molar-refractivity contribution in [3.63, 3.8) is 0 Å². The second-order valence-corrected chi connectivity index (χ2v) is 8.96. The van der Waals surface area contributed by atoms with Crippen molar-refractivity contribution >= 4 is 29.1 Å². The lowest BCUT2D eigenvalue weighted by Crippen LogP contribution is -2.13. The fraction of sp³-hybridized carbons (Fsp3) is 0.167. The summed E-state index contributed by atoms with van der Waals surface area (Å²) in [4.78, 5) is 11.0. The molecule has 0 aliphatic carbocycles. The third-order valence-electron chi connectivity index (χ3n) is 5.35. The van der Waals surface area contributed by atoms with Crippen molar-refractivity contribution in [1.29, 1.82) is 0 Å². The Morgan fingerprint density at radius 2 is 1.88 bits per heavy atom. The number of nitro benzene ring substituents is 1. The molecule has 1 aliphatic heterocycles. The smallest absolute Gasteiger partial charge is 0.270 e. The lowest BCUT2D eigenvalue weighted by molar-refractivity contribution is -0.385. The fourth-order valence-electron chi connectivity index (χ4n) is 3.78. The number of ether oxygens (including phenoxy) is 2. The zero-order valence-corrected chi connectivity index (χ0v) is 19.5. The molecule has 0 bridgehead atoms. The summed E-state index contributed by atoms with van der Waals surface area (Å²) in [5, 5.41) is 21.6. The summed E-state index contributed by atoms with van der Waals surface area (Å²) in [7, 11) is 0. The molecule has 0 unspecified atom stereocenters. The van der Waals surface area contributed by atoms with Gasteiger partial charge < -0.3 is 9.47 Å². The van der Waals surface area contributed by atoms with Crippen LogP contribution in [0.5, 0.6) is 5.75 Å². The van der Waals surface area contributed by atoms with Crippen LogP contribution in [0.3, 0.4) is 0 Å². The number of fused-ring (bicyclic) bond motifs is 1. The maximum absolute atomic E-state index is 11.4. The van der Waals surface area contributed by atoms with Crippen LogP contribution in [0, 0.1) is 10.1 Å². The number of rotatable bonds is 7. The minimum atomic E-state index is -0.406. The predicted molar refractivity (Wildman–Crippen MR) is 129 cm³/mol. The second-order valence-electron chi connectivity index (χ2n) is 7.61. The summed E-state index contributed by atoms with van der Waals surface area (Å²) >= 11 is 7.90. The van der Waals surface area contributed by atoms with Crippen LogP contribution in [-0.2, 0) is 23.6 Å². The Balaban J connectivity index is 1.51. The molecule has 2 heterocycles. The predicted octanol–water partition coefficient (Wildman–Crippen LogP) is 5.71. The third kappa shape index (κ3) is 4.63. The summed E-state index contributed by atoms with van der Waals surface area (Å²) in [6.45, 7) is 0.937. The molecule has 0 saturated carbocycles. The highest BCUT2D eigenvalue weighted by molar-refractivity contribution is 7.98. The molecule has 0 amide bonds. The molecule has 34 heavy (non-hydrogen) atoms. The lowest BCUT2D eigenvalue weighted by Gasteiger charge is -2.20. The van der Waals surface area contributed by atoms with E-state index in [1.54, 1.807) is 6.07 Å². The minimum absolute atomic E-state index is 0.00552. The van der Waals surface area contributed by atoms with Gasteiger partial charge in [-0.05, 0) is 17.7 Å². The first kappa shape index (κ1) is 22.4. The molecule has 4 aromatic rings. The van der Waals surface area contributed by atoms with Gasteiger partial charge in [-0.3, -0.25) is 14.7 Å². The first-order chi connectivity index (χ1) is 16.6. The first-order valence-electron chi connectivity index (χ1n) is 10.5. The lowest BCUT2D eigenvalue weighted by atomic mass is 10.1. The van der Waals surface area contributed by atoms with Gasteiger partial charge in [-0.25, -0.2) is 0 Å². The molecule has 1 aliphatic rings. The van der Waals surface area contributed by atoms with Crippen molar-refractivity contribution in [3.8, 4) is 17.1 Å². The van der Waals surface area contributed by atoms with Gasteiger partial charge in [0.25, 0.3) is 5.69 Å². The maximum atomic E-state index is 11.4. The van der Waals surface area contributed by atoms with Crippen molar-refractivity contribution in [1.82, 2.24) is 14.8 Å². The van der Waals surface area contributed by atoms with E-state index in [1.165, 1.54) is 17.8 Å². The molecule has 1 aromatic heterocycles. The van der Waals surface area contributed by atoms with Crippen LogP contribution in [-0.4, -0.2) is 26.5 Å². The van der Waals surface area contributed by atoms with Crippen LogP contribution in [0.4, 0.5) is 5.69 Å². The number of nitrogens with zero attached hydrogens (tertiary/aromatic N) is 4. The van der Waals surface area contributed by atoms with Crippen LogP contribution in [0.15, 0.2) is 71.9 Å². The molecular formula is C24H19ClN4O4S. The van der Waals surface area contributed by atoms with Crippen LogP contribution >= 0.6 is 23.4 Å². The quantitative estimate of drug-likeness (QED) is 0.184. The van der Waals surface area contributed by atoms with Gasteiger partial charge in [0.15, 0.2) is 17.8 Å². The summed E-state index contributed by atoms with van der Waals surface area (Å²) < 4.78 is 13.0. The average molecular weight is 495 g/mol. The summed E-state index contributed by atoms with van der Waals surface area (Å²) in [5.74, 6) is 1.70. The first-order valence-corrected chi connectivity index (χ1v) is 11.8. The van der Waals surface area contributed by atoms with E-state index in [1.807, 2.05) is 59.2 Å². The molecule has 10 heteroatoms. The normalized spacial score (nSPS) is 12.7. The minimum Gasteiger partial charge on any atom is -0.467 e. The number of hydrogen-bond donors (Lipinski definition) is 0. The van der Waals surface area contributed by atoms with Crippen LogP contribution < -0.4 is 4.74 Å². The zero-order valence-electron chi connectivity index (χ0n) is 17.9. The standard InChI is InChI=1S/C24H19ClN4O4S/c25-21-9-5-4-8-20(21)23-26-27-24(28(23)12-16-6-2-1-3-7-16)34-14-18-11-19(29(30)31)10-17-13-32-15-33-22(17)18/h1-11H,12-15H2. The van der Waals surface area contributed by atoms with Gasteiger partial charge >= 0.3 is 0 Å². The number of halogens is 1. The molecule has 0 saturated heterocycles. The van der Waals surface area contributed by atoms with Gasteiger partial charge in [0, 0.05) is 34.6 Å². The van der Waals surface area contributed by atoms with E-state index in [9.17, 15) is 10.1 Å². The summed E-state index contributed by atoms with van der Waals surface area (Å²) in [6.07, 6.45) is 0. The Bertz CT molecular complexity index is 1350. The molecule has 3 aromatic carbocycles. The van der Waals surface area contributed by atoms with Crippen molar-refractivity contribution < 1.29 is 14.4 Å². The van der Waals surface area contributed by atoms with Gasteiger partial charge in [0.2, 0.25) is 0 Å². The molecule has 0 atom stereocenters. The SMILES string of the molecule is O=[N+]([O-])c1cc2c(c(CSc3nnc(-c4ccccc4Cl)n3Cc3ccccc3)c1)OCOC2. The average Bonchev–Trinajstić information content (AvgIpc) is 3.25. The number of hydrogen-bond acceptors (Lipinski definition) is 7. The molecule has 8 nitrogen and oxygen atoms in total. The Morgan fingerprint density at radius 1 is 1.09 bits per heavy atom. The van der Waals surface area contributed by atoms with Gasteiger partial charge in [-0.2, -0.15) is 0 Å². The van der Waals surface area contributed by atoms with E-state index in [2.05, 4.69) is 10.2 Å². The summed E-state index contributed by atoms with van der Waals surface area (Å²) in [6, 6.07) is 20.6. The van der Waals surface area contributed by atoms with E-state index >= 15 is 0 Å². The van der Waals surface area contributed by atoms with E-state index in [-0.39, 0.29) is 19.1 Å². The van der Waals surface area contributed by atoms with Crippen LogP contribution in [0.2, 0.25) is 5.02 Å². The molecular weight excluding hydrogens is 476 g/mol. The summed E-state index contributed by atoms with van der Waals surface area (Å²) in [5.41, 5.74) is 3.26. The topological polar surface area (TPSA) is 92.3 Å². The highest BCUT2D eigenvalue weighted by Gasteiger charge is 2.23. The van der Waals surface area contributed by atoms with Crippen LogP contribution in [0.1, 0.15) is 16.7 Å². The second kappa shape index (κ2) is 9.84. The molecule has 0 radical (unpaired) electrons. The highest BCUT2D eigenvalue weighted by Crippen LogP contribution is 2.37.